The first kappa shape index (κ1) is 18.7. The molecule has 2 N–H and O–H groups in total. The molecule has 0 aromatic carbocycles. The Morgan fingerprint density at radius 2 is 1.85 bits per heavy atom. The predicted molar refractivity (Wildman–Crippen MR) is 104 cm³/mol. The number of hydrogen-bond donors (Lipinski definition) is 1. The summed E-state index contributed by atoms with van der Waals surface area (Å²) in [6.45, 7) is 5.42. The molecule has 0 aromatic heterocycles. The van der Waals surface area contributed by atoms with Crippen LogP contribution in [-0.2, 0) is 9.59 Å². The molecule has 26 heavy (non-hydrogen) atoms. The highest BCUT2D eigenvalue weighted by Gasteiger charge is 2.62. The highest BCUT2D eigenvalue weighted by molar-refractivity contribution is 5.88. The number of nitrogens with two attached hydrogens (primary N) is 1. The van der Waals surface area contributed by atoms with Gasteiger partial charge in [-0.2, -0.15) is 0 Å². The van der Waals surface area contributed by atoms with Crippen molar-refractivity contribution in [2.45, 2.75) is 84.5 Å². The molecule has 146 valence electrons. The standard InChI is InChI=1S/C23H37NO2/c1-22-10-8-15(5-3-4-12-24)13-19(22)20(25)14-16-17-6-7-21(26)23(17,2)11-9-18(16)22/h15-19H,3-14,24H2,1-2H3/t15-,16-,17-,18-,19?,22+,23-/m0/s1. The highest BCUT2D eigenvalue weighted by atomic mass is 16.1. The number of Topliss-reactive ketones (excluding diaryl/α,β-unsaturated/α-hetero) is 2. The summed E-state index contributed by atoms with van der Waals surface area (Å²) in [6, 6.07) is 0. The van der Waals surface area contributed by atoms with Crippen molar-refractivity contribution in [2.24, 2.45) is 46.2 Å². The van der Waals surface area contributed by atoms with Crippen LogP contribution in [0, 0.1) is 40.4 Å². The summed E-state index contributed by atoms with van der Waals surface area (Å²) in [5.74, 6) is 3.62. The van der Waals surface area contributed by atoms with Gasteiger partial charge >= 0.3 is 0 Å². The van der Waals surface area contributed by atoms with E-state index in [0.717, 1.165) is 51.0 Å². The Morgan fingerprint density at radius 3 is 2.62 bits per heavy atom. The van der Waals surface area contributed by atoms with E-state index in [0.29, 0.717) is 29.3 Å². The molecule has 0 spiro atoms. The van der Waals surface area contributed by atoms with E-state index in [2.05, 4.69) is 13.8 Å². The number of hydrogen-bond acceptors (Lipinski definition) is 3. The molecule has 4 aliphatic rings. The third-order valence-electron chi connectivity index (χ3n) is 9.34. The van der Waals surface area contributed by atoms with Crippen LogP contribution in [0.15, 0.2) is 0 Å². The molecule has 3 nitrogen and oxygen atoms in total. The molecule has 4 aliphatic carbocycles. The van der Waals surface area contributed by atoms with E-state index in [-0.39, 0.29) is 16.7 Å². The fourth-order valence-electron chi connectivity index (χ4n) is 7.73. The van der Waals surface area contributed by atoms with E-state index in [1.54, 1.807) is 0 Å². The lowest BCUT2D eigenvalue weighted by Gasteiger charge is -2.59. The van der Waals surface area contributed by atoms with Gasteiger partial charge in [0.25, 0.3) is 0 Å². The highest BCUT2D eigenvalue weighted by Crippen LogP contribution is 2.65. The minimum atomic E-state index is -0.121. The molecule has 0 radical (unpaired) electrons. The van der Waals surface area contributed by atoms with Crippen LogP contribution in [0.4, 0.5) is 0 Å². The Hall–Kier alpha value is -0.700. The normalized spacial score (nSPS) is 48.0. The lowest BCUT2D eigenvalue weighted by atomic mass is 9.44. The van der Waals surface area contributed by atoms with Gasteiger partial charge in [-0.05, 0) is 80.6 Å². The smallest absolute Gasteiger partial charge is 0.139 e. The molecule has 0 aromatic rings. The van der Waals surface area contributed by atoms with Gasteiger partial charge in [-0.15, -0.1) is 0 Å². The van der Waals surface area contributed by atoms with Gasteiger partial charge in [0.1, 0.15) is 11.6 Å². The van der Waals surface area contributed by atoms with E-state index < -0.39 is 0 Å². The fourth-order valence-corrected chi connectivity index (χ4v) is 7.73. The average Bonchev–Trinajstić information content (AvgIpc) is 2.92. The van der Waals surface area contributed by atoms with Crippen molar-refractivity contribution in [3.8, 4) is 0 Å². The molecule has 0 amide bonds. The number of rotatable bonds is 4. The van der Waals surface area contributed by atoms with Crippen LogP contribution in [-0.4, -0.2) is 18.1 Å². The summed E-state index contributed by atoms with van der Waals surface area (Å²) in [6.07, 6.45) is 12.0. The molecule has 4 saturated carbocycles. The van der Waals surface area contributed by atoms with Gasteiger partial charge in [0.05, 0.1) is 0 Å². The van der Waals surface area contributed by atoms with Crippen molar-refractivity contribution in [1.29, 1.82) is 0 Å². The Morgan fingerprint density at radius 1 is 1.04 bits per heavy atom. The second-order valence-corrected chi connectivity index (χ2v) is 10.4. The molecule has 0 saturated heterocycles. The summed E-state index contributed by atoms with van der Waals surface area (Å²) in [7, 11) is 0. The Labute approximate surface area is 158 Å². The quantitative estimate of drug-likeness (QED) is 0.751. The first-order valence-corrected chi connectivity index (χ1v) is 11.2. The number of carbonyl (C=O) groups excluding carboxylic acids is 2. The van der Waals surface area contributed by atoms with Crippen LogP contribution < -0.4 is 5.73 Å². The maximum absolute atomic E-state index is 13.2. The molecule has 7 atom stereocenters. The molecule has 0 bridgehead atoms. The number of fused-ring (bicyclic) bond motifs is 5. The van der Waals surface area contributed by atoms with Crippen LogP contribution in [0.2, 0.25) is 0 Å². The van der Waals surface area contributed by atoms with Crippen molar-refractivity contribution in [2.75, 3.05) is 6.54 Å². The number of ketones is 2. The summed E-state index contributed by atoms with van der Waals surface area (Å²) in [5.41, 5.74) is 5.72. The largest absolute Gasteiger partial charge is 0.330 e. The molecular formula is C23H37NO2. The van der Waals surface area contributed by atoms with Crippen molar-refractivity contribution < 1.29 is 9.59 Å². The van der Waals surface area contributed by atoms with Gasteiger partial charge in [-0.3, -0.25) is 9.59 Å². The van der Waals surface area contributed by atoms with Crippen LogP contribution in [0.25, 0.3) is 0 Å². The van der Waals surface area contributed by atoms with Crippen LogP contribution in [0.1, 0.15) is 84.5 Å². The topological polar surface area (TPSA) is 60.2 Å². The van der Waals surface area contributed by atoms with Gasteiger partial charge in [0.15, 0.2) is 0 Å². The van der Waals surface area contributed by atoms with Gasteiger partial charge in [-0.1, -0.05) is 26.7 Å². The second-order valence-electron chi connectivity index (χ2n) is 10.4. The van der Waals surface area contributed by atoms with Crippen molar-refractivity contribution >= 4 is 11.6 Å². The van der Waals surface area contributed by atoms with Crippen molar-refractivity contribution in [3.63, 3.8) is 0 Å². The van der Waals surface area contributed by atoms with Gasteiger partial charge < -0.3 is 5.73 Å². The maximum atomic E-state index is 13.2. The van der Waals surface area contributed by atoms with Gasteiger partial charge in [0, 0.05) is 24.2 Å². The molecule has 0 aliphatic heterocycles. The van der Waals surface area contributed by atoms with Gasteiger partial charge in [-0.25, -0.2) is 0 Å². The first-order chi connectivity index (χ1) is 12.4. The first-order valence-electron chi connectivity index (χ1n) is 11.2. The van der Waals surface area contributed by atoms with Gasteiger partial charge in [0.2, 0.25) is 0 Å². The molecule has 3 heteroatoms. The van der Waals surface area contributed by atoms with E-state index in [1.165, 1.54) is 32.1 Å². The molecular weight excluding hydrogens is 322 g/mol. The van der Waals surface area contributed by atoms with E-state index in [4.69, 9.17) is 5.73 Å². The van der Waals surface area contributed by atoms with E-state index in [1.807, 2.05) is 0 Å². The minimum absolute atomic E-state index is 0.121. The zero-order valence-electron chi connectivity index (χ0n) is 16.8. The molecule has 4 rings (SSSR count). The molecule has 4 fully saturated rings. The van der Waals surface area contributed by atoms with E-state index in [9.17, 15) is 9.59 Å². The molecule has 0 heterocycles. The van der Waals surface area contributed by atoms with E-state index >= 15 is 0 Å². The Bertz CT molecular complexity index is 587. The molecule has 1 unspecified atom stereocenters. The predicted octanol–water partition coefficient (Wildman–Crippen LogP) is 4.52. The van der Waals surface area contributed by atoms with Crippen LogP contribution in [0.3, 0.4) is 0 Å². The second kappa shape index (κ2) is 6.72. The third-order valence-corrected chi connectivity index (χ3v) is 9.34. The van der Waals surface area contributed by atoms with Crippen molar-refractivity contribution in [3.05, 3.63) is 0 Å². The number of unbranched alkanes of at least 4 members (excludes halogenated alkanes) is 1. The summed E-state index contributed by atoms with van der Waals surface area (Å²) in [5, 5.41) is 0. The monoisotopic (exact) mass is 359 g/mol. The summed E-state index contributed by atoms with van der Waals surface area (Å²) < 4.78 is 0. The van der Waals surface area contributed by atoms with Crippen molar-refractivity contribution in [1.82, 2.24) is 0 Å². The third kappa shape index (κ3) is 2.72. The minimum Gasteiger partial charge on any atom is -0.330 e. The summed E-state index contributed by atoms with van der Waals surface area (Å²) in [4.78, 5) is 25.8. The Balaban J connectivity index is 1.52. The zero-order valence-corrected chi connectivity index (χ0v) is 16.8. The number of carbonyl (C=O) groups is 2. The zero-order chi connectivity index (χ0) is 18.5. The SMILES string of the molecule is C[C@]12CC[C@H](CCCCN)CC1C(=O)C[C@@H]1[C@@H]2CC[C@]2(C)C(=O)CC[C@@H]12. The maximum Gasteiger partial charge on any atom is 0.139 e. The fraction of sp³-hybridized carbons (Fsp3) is 0.913. The van der Waals surface area contributed by atoms with Crippen LogP contribution >= 0.6 is 0 Å². The average molecular weight is 360 g/mol. The summed E-state index contributed by atoms with van der Waals surface area (Å²) >= 11 is 0. The lowest BCUT2D eigenvalue weighted by molar-refractivity contribution is -0.158. The Kier molecular flexibility index (Phi) is 4.82. The lowest BCUT2D eigenvalue weighted by Crippen LogP contribution is -2.56. The van der Waals surface area contributed by atoms with Crippen LogP contribution in [0.5, 0.6) is 0 Å².